The van der Waals surface area contributed by atoms with Gasteiger partial charge in [-0.05, 0) is 49.1 Å². The van der Waals surface area contributed by atoms with Crippen molar-refractivity contribution in [3.63, 3.8) is 0 Å². The van der Waals surface area contributed by atoms with Gasteiger partial charge in [0.15, 0.2) is 11.6 Å². The van der Waals surface area contributed by atoms with E-state index in [9.17, 15) is 14.7 Å². The third kappa shape index (κ3) is 5.34. The summed E-state index contributed by atoms with van der Waals surface area (Å²) < 4.78 is 21.9. The molecule has 1 atom stereocenters. The number of hydrogen-bond donors (Lipinski definition) is 2. The topological polar surface area (TPSA) is 106 Å². The Morgan fingerprint density at radius 3 is 2.50 bits per heavy atom. The monoisotopic (exact) mass is 522 g/mol. The number of carbonyl (C=O) groups is 1. The molecule has 2 N–H and O–H groups in total. The number of nitrogens with one attached hydrogen (secondary N) is 1. The Labute approximate surface area is 219 Å². The number of pyridine rings is 2. The Balaban J connectivity index is 1.74. The number of hydrogen-bond acceptors (Lipinski definition) is 6. The Morgan fingerprint density at radius 1 is 1.16 bits per heavy atom. The first-order chi connectivity index (χ1) is 18.1. The van der Waals surface area contributed by atoms with Gasteiger partial charge in [-0.15, -0.1) is 5.06 Å². The number of nitrogens with zero attached hydrogens (tertiary/aromatic N) is 3. The highest BCUT2D eigenvalue weighted by Gasteiger charge is 2.25. The lowest BCUT2D eigenvalue weighted by molar-refractivity contribution is -0.0705. The van der Waals surface area contributed by atoms with Crippen molar-refractivity contribution in [1.82, 2.24) is 14.6 Å². The largest absolute Gasteiger partial charge is 0.497 e. The summed E-state index contributed by atoms with van der Waals surface area (Å²) in [6.45, 7) is 6.04. The number of halogens is 1. The smallest absolute Gasteiger partial charge is 0.441 e. The molecular formula is C28H31FN4O5. The lowest BCUT2D eigenvalue weighted by Gasteiger charge is -2.27. The number of hydroxylamine groups is 2. The maximum atomic E-state index is 15.3. The highest BCUT2D eigenvalue weighted by molar-refractivity contribution is 6.09. The van der Waals surface area contributed by atoms with Gasteiger partial charge in [-0.2, -0.15) is 0 Å². The quantitative estimate of drug-likeness (QED) is 0.219. The zero-order chi connectivity index (χ0) is 27.6. The Hall–Kier alpha value is -4.34. The van der Waals surface area contributed by atoms with E-state index < -0.39 is 18.0 Å². The fourth-order valence-electron chi connectivity index (χ4n) is 4.55. The second-order valence-electron chi connectivity index (χ2n) is 9.63. The highest BCUT2D eigenvalue weighted by atomic mass is 19.1. The zero-order valence-corrected chi connectivity index (χ0v) is 22.0. The summed E-state index contributed by atoms with van der Waals surface area (Å²) in [5.41, 5.74) is 1.02. The summed E-state index contributed by atoms with van der Waals surface area (Å²) in [5.74, 6) is 0.303. The molecular weight excluding hydrogens is 491 g/mol. The molecule has 4 aromatic rings. The van der Waals surface area contributed by atoms with Crippen LogP contribution in [0.2, 0.25) is 0 Å². The van der Waals surface area contributed by atoms with Crippen LogP contribution in [0.15, 0.2) is 53.5 Å². The van der Waals surface area contributed by atoms with Gasteiger partial charge in [0, 0.05) is 36.6 Å². The molecule has 0 fully saturated rings. The van der Waals surface area contributed by atoms with Crippen LogP contribution in [0.3, 0.4) is 0 Å². The average molecular weight is 523 g/mol. The van der Waals surface area contributed by atoms with Crippen molar-refractivity contribution in [3.05, 3.63) is 70.4 Å². The number of rotatable bonds is 9. The molecule has 0 aliphatic carbocycles. The Morgan fingerprint density at radius 2 is 1.87 bits per heavy atom. The molecule has 0 aliphatic rings. The minimum absolute atomic E-state index is 0.213. The Bertz CT molecular complexity index is 1540. The second-order valence-corrected chi connectivity index (χ2v) is 9.63. The molecule has 0 saturated heterocycles. The zero-order valence-electron chi connectivity index (χ0n) is 22.0. The van der Waals surface area contributed by atoms with Gasteiger partial charge in [0.25, 0.3) is 5.56 Å². The maximum absolute atomic E-state index is 15.3. The number of amides is 1. The fraction of sp³-hybridized carbons (Fsp3) is 0.321. The van der Waals surface area contributed by atoms with Gasteiger partial charge in [0.2, 0.25) is 0 Å². The molecule has 1 unspecified atom stereocenters. The van der Waals surface area contributed by atoms with E-state index in [0.717, 1.165) is 16.4 Å². The average Bonchev–Trinajstić information content (AvgIpc) is 2.89. The maximum Gasteiger partial charge on any atom is 0.441 e. The van der Waals surface area contributed by atoms with Gasteiger partial charge in [0.1, 0.15) is 11.6 Å². The van der Waals surface area contributed by atoms with E-state index in [1.54, 1.807) is 33.3 Å². The van der Waals surface area contributed by atoms with Crippen molar-refractivity contribution in [2.45, 2.75) is 39.8 Å². The van der Waals surface area contributed by atoms with E-state index in [2.05, 4.69) is 10.3 Å². The molecule has 9 nitrogen and oxygen atoms in total. The third-order valence-electron chi connectivity index (χ3n) is 6.39. The normalized spacial score (nSPS) is 12.1. The molecule has 2 aromatic carbocycles. The van der Waals surface area contributed by atoms with E-state index in [-0.39, 0.29) is 17.2 Å². The van der Waals surface area contributed by atoms with Gasteiger partial charge in [0.05, 0.1) is 24.1 Å². The third-order valence-corrected chi connectivity index (χ3v) is 6.39. The molecule has 0 spiro atoms. The lowest BCUT2D eigenvalue weighted by atomic mass is 10.1. The van der Waals surface area contributed by atoms with Crippen molar-refractivity contribution in [3.8, 4) is 11.5 Å². The Kier molecular flexibility index (Phi) is 7.70. The highest BCUT2D eigenvalue weighted by Crippen LogP contribution is 2.31. The summed E-state index contributed by atoms with van der Waals surface area (Å²) in [6.07, 6.45) is 0.757. The van der Waals surface area contributed by atoms with Crippen molar-refractivity contribution < 1.29 is 23.9 Å². The molecule has 0 saturated carbocycles. The minimum atomic E-state index is -1.33. The van der Waals surface area contributed by atoms with Crippen molar-refractivity contribution in [1.29, 1.82) is 0 Å². The van der Waals surface area contributed by atoms with Gasteiger partial charge in [-0.25, -0.2) is 14.2 Å². The van der Waals surface area contributed by atoms with E-state index in [1.165, 1.54) is 16.7 Å². The summed E-state index contributed by atoms with van der Waals surface area (Å²) in [7, 11) is 3.17. The molecule has 10 heteroatoms. The first-order valence-corrected chi connectivity index (χ1v) is 12.3. The molecule has 200 valence electrons. The van der Waals surface area contributed by atoms with E-state index in [0.29, 0.717) is 40.5 Å². The molecule has 0 radical (unpaired) electrons. The van der Waals surface area contributed by atoms with Crippen LogP contribution in [0.1, 0.15) is 32.8 Å². The SMILES string of the molecule is COc1ccc(CNc2nccc3c2c(=O)n(C)c2cc(ON(C(=O)O)C(C)CC(C)C)c(F)cc32)cc1. The predicted molar refractivity (Wildman–Crippen MR) is 144 cm³/mol. The number of methoxy groups -OCH3 is 1. The van der Waals surface area contributed by atoms with Crippen LogP contribution in [-0.2, 0) is 13.6 Å². The lowest BCUT2D eigenvalue weighted by Crippen LogP contribution is -2.41. The summed E-state index contributed by atoms with van der Waals surface area (Å²) >= 11 is 0. The first-order valence-electron chi connectivity index (χ1n) is 12.3. The van der Waals surface area contributed by atoms with Gasteiger partial charge in [-0.3, -0.25) is 4.79 Å². The minimum Gasteiger partial charge on any atom is -0.497 e. The van der Waals surface area contributed by atoms with Gasteiger partial charge >= 0.3 is 6.09 Å². The molecule has 4 rings (SSSR count). The van der Waals surface area contributed by atoms with Gasteiger partial charge < -0.3 is 24.6 Å². The van der Waals surface area contributed by atoms with Crippen molar-refractivity contribution >= 4 is 33.6 Å². The predicted octanol–water partition coefficient (Wildman–Crippen LogP) is 5.55. The number of fused-ring (bicyclic) bond motifs is 3. The standard InChI is InChI=1S/C28H31FN4O5/c1-16(2)12-17(3)33(28(35)36)38-24-14-23-21(13-22(24)29)20-10-11-30-26(25(20)27(34)32(23)4)31-15-18-6-8-19(37-5)9-7-18/h6-11,13-14,16-17H,12,15H2,1-5H3,(H,30,31)(H,35,36). The molecule has 0 aliphatic heterocycles. The molecule has 2 aromatic heterocycles. The van der Waals surface area contributed by atoms with E-state index in [1.807, 2.05) is 38.1 Å². The van der Waals surface area contributed by atoms with Crippen LogP contribution in [-0.4, -0.2) is 39.0 Å². The second kappa shape index (κ2) is 11.0. The van der Waals surface area contributed by atoms with E-state index in [4.69, 9.17) is 9.57 Å². The van der Waals surface area contributed by atoms with Crippen molar-refractivity contribution in [2.75, 3.05) is 12.4 Å². The van der Waals surface area contributed by atoms with Crippen LogP contribution in [0.25, 0.3) is 21.7 Å². The number of benzene rings is 2. The molecule has 0 bridgehead atoms. The summed E-state index contributed by atoms with van der Waals surface area (Å²) in [6, 6.07) is 11.3. The number of aromatic nitrogens is 2. The fourth-order valence-corrected chi connectivity index (χ4v) is 4.55. The van der Waals surface area contributed by atoms with Crippen LogP contribution in [0.4, 0.5) is 15.0 Å². The number of carboxylic acid groups (broad SMARTS) is 1. The number of anilines is 1. The van der Waals surface area contributed by atoms with Crippen LogP contribution >= 0.6 is 0 Å². The summed E-state index contributed by atoms with van der Waals surface area (Å²) in [5, 5.41) is 14.9. The summed E-state index contributed by atoms with van der Waals surface area (Å²) in [4.78, 5) is 35.2. The molecule has 2 heterocycles. The van der Waals surface area contributed by atoms with E-state index >= 15 is 4.39 Å². The number of aryl methyl sites for hydroxylation is 1. The first kappa shape index (κ1) is 26.7. The molecule has 38 heavy (non-hydrogen) atoms. The van der Waals surface area contributed by atoms with Crippen LogP contribution in [0, 0.1) is 11.7 Å². The van der Waals surface area contributed by atoms with Crippen LogP contribution in [0.5, 0.6) is 11.5 Å². The number of ether oxygens (including phenoxy) is 1. The van der Waals surface area contributed by atoms with Gasteiger partial charge in [-0.1, -0.05) is 26.0 Å². The molecule has 1 amide bonds. The van der Waals surface area contributed by atoms with Crippen LogP contribution < -0.4 is 20.5 Å². The van der Waals surface area contributed by atoms with Crippen molar-refractivity contribution in [2.24, 2.45) is 13.0 Å².